The number of ether oxygens (including phenoxy) is 1. The summed E-state index contributed by atoms with van der Waals surface area (Å²) in [5.41, 5.74) is -2.25. The number of benzene rings is 1. The normalized spacial score (nSPS) is 12.0. The Kier molecular flexibility index (Phi) is 6.31. The third-order valence-corrected chi connectivity index (χ3v) is 3.54. The van der Waals surface area contributed by atoms with Crippen LogP contribution in [0.1, 0.15) is 30.6 Å². The average molecular weight is 399 g/mol. The van der Waals surface area contributed by atoms with Gasteiger partial charge >= 0.3 is 5.97 Å². The fourth-order valence-corrected chi connectivity index (χ4v) is 2.33. The molecule has 0 heterocycles. The zero-order valence-corrected chi connectivity index (χ0v) is 13.6. The van der Waals surface area contributed by atoms with Crippen LogP contribution in [0.4, 0.5) is 17.6 Å². The van der Waals surface area contributed by atoms with Gasteiger partial charge in [-0.1, -0.05) is 6.92 Å². The van der Waals surface area contributed by atoms with E-state index in [0.29, 0.717) is 0 Å². The van der Waals surface area contributed by atoms with Crippen LogP contribution in [0.5, 0.6) is 0 Å². The van der Waals surface area contributed by atoms with Crippen molar-refractivity contribution in [3.63, 3.8) is 0 Å². The summed E-state index contributed by atoms with van der Waals surface area (Å²) < 4.78 is 57.8. The number of carboxylic acids is 1. The van der Waals surface area contributed by atoms with Crippen LogP contribution >= 0.6 is 15.9 Å². The number of carbonyl (C=O) groups excluding carboxylic acids is 1. The van der Waals surface area contributed by atoms with Crippen molar-refractivity contribution < 1.29 is 37.0 Å². The highest BCUT2D eigenvalue weighted by Gasteiger charge is 2.33. The lowest BCUT2D eigenvalue weighted by Crippen LogP contribution is -2.20. The molecule has 0 atom stereocenters. The van der Waals surface area contributed by atoms with Crippen molar-refractivity contribution in [3.8, 4) is 0 Å². The predicted octanol–water partition coefficient (Wildman–Crippen LogP) is 3.97. The molecule has 1 aromatic carbocycles. The minimum atomic E-state index is -2.21. The molecule has 9 heteroatoms. The van der Waals surface area contributed by atoms with E-state index in [4.69, 9.17) is 9.84 Å². The summed E-state index contributed by atoms with van der Waals surface area (Å²) in [6.45, 7) is 3.01. The molecule has 0 aromatic heterocycles. The van der Waals surface area contributed by atoms with Crippen molar-refractivity contribution in [3.05, 3.63) is 44.6 Å². The monoisotopic (exact) mass is 398 g/mol. The number of carbonyl (C=O) groups is 2. The summed E-state index contributed by atoms with van der Waals surface area (Å²) >= 11 is 2.45. The molecule has 0 spiro atoms. The Morgan fingerprint density at radius 1 is 1.04 bits per heavy atom. The first-order chi connectivity index (χ1) is 10.7. The number of rotatable bonds is 6. The van der Waals surface area contributed by atoms with Crippen LogP contribution in [-0.2, 0) is 9.53 Å². The summed E-state index contributed by atoms with van der Waals surface area (Å²) in [7, 11) is 0. The quantitative estimate of drug-likeness (QED) is 0.115. The van der Waals surface area contributed by atoms with Crippen molar-refractivity contribution in [1.82, 2.24) is 0 Å². The lowest BCUT2D eigenvalue weighted by molar-refractivity contribution is -0.132. The van der Waals surface area contributed by atoms with Crippen LogP contribution in [0.3, 0.4) is 0 Å². The molecule has 0 aliphatic heterocycles. The third-order valence-electron chi connectivity index (χ3n) is 2.80. The summed E-state index contributed by atoms with van der Waals surface area (Å²) in [4.78, 5) is 23.6. The standard InChI is InChI=1S/C14H11BrF4O4/c1-3-5(23-4-2)6(14(21)22)13(20)7-8(15)10(17)12(19)11(18)9(7)16/h3-4H2,1-2H3,(H,21,22). The second-order valence-corrected chi connectivity index (χ2v) is 4.96. The minimum Gasteiger partial charge on any atom is -0.497 e. The van der Waals surface area contributed by atoms with Crippen LogP contribution in [0.2, 0.25) is 0 Å². The Bertz CT molecular complexity index is 672. The molecule has 1 N–H and O–H groups in total. The van der Waals surface area contributed by atoms with Crippen LogP contribution in [0.25, 0.3) is 0 Å². The summed E-state index contributed by atoms with van der Waals surface area (Å²) in [5, 5.41) is 9.15. The molecule has 0 saturated heterocycles. The Hall–Kier alpha value is -1.90. The molecule has 0 radical (unpaired) electrons. The average Bonchev–Trinajstić information content (AvgIpc) is 2.50. The lowest BCUT2D eigenvalue weighted by Gasteiger charge is -2.13. The Balaban J connectivity index is 3.69. The predicted molar refractivity (Wildman–Crippen MR) is 74.9 cm³/mol. The second kappa shape index (κ2) is 7.58. The van der Waals surface area contributed by atoms with Crippen molar-refractivity contribution in [2.75, 3.05) is 6.61 Å². The highest BCUT2D eigenvalue weighted by atomic mass is 79.9. The van der Waals surface area contributed by atoms with Crippen molar-refractivity contribution >= 4 is 27.7 Å². The van der Waals surface area contributed by atoms with Gasteiger partial charge in [-0.3, -0.25) is 4.79 Å². The fourth-order valence-electron chi connectivity index (χ4n) is 1.80. The van der Waals surface area contributed by atoms with Gasteiger partial charge < -0.3 is 9.84 Å². The molecule has 0 saturated carbocycles. The van der Waals surface area contributed by atoms with E-state index in [1.807, 2.05) is 0 Å². The maximum atomic E-state index is 13.8. The smallest absolute Gasteiger partial charge is 0.343 e. The van der Waals surface area contributed by atoms with Gasteiger partial charge in [0.2, 0.25) is 5.78 Å². The summed E-state index contributed by atoms with van der Waals surface area (Å²) in [6.07, 6.45) is -0.0351. The topological polar surface area (TPSA) is 63.6 Å². The summed E-state index contributed by atoms with van der Waals surface area (Å²) in [6, 6.07) is 0. The maximum absolute atomic E-state index is 13.8. The van der Waals surface area contributed by atoms with E-state index < -0.39 is 50.6 Å². The fraction of sp³-hybridized carbons (Fsp3) is 0.286. The molecule has 0 aliphatic rings. The Morgan fingerprint density at radius 3 is 2.00 bits per heavy atom. The van der Waals surface area contributed by atoms with E-state index in [0.717, 1.165) is 0 Å². The van der Waals surface area contributed by atoms with Gasteiger partial charge in [-0.15, -0.1) is 0 Å². The van der Waals surface area contributed by atoms with Gasteiger partial charge in [-0.25, -0.2) is 22.4 Å². The third kappa shape index (κ3) is 3.54. The number of carboxylic acid groups (broad SMARTS) is 1. The van der Waals surface area contributed by atoms with E-state index in [1.54, 1.807) is 0 Å². The Morgan fingerprint density at radius 2 is 1.57 bits per heavy atom. The van der Waals surface area contributed by atoms with Gasteiger partial charge in [0.25, 0.3) is 0 Å². The van der Waals surface area contributed by atoms with Gasteiger partial charge in [0, 0.05) is 6.42 Å². The van der Waals surface area contributed by atoms with Crippen molar-refractivity contribution in [1.29, 1.82) is 0 Å². The van der Waals surface area contributed by atoms with Crippen LogP contribution in [0.15, 0.2) is 15.8 Å². The maximum Gasteiger partial charge on any atom is 0.343 e. The van der Waals surface area contributed by atoms with E-state index in [-0.39, 0.29) is 18.8 Å². The highest BCUT2D eigenvalue weighted by Crippen LogP contribution is 2.31. The SMILES string of the molecule is CCOC(CC)=C(C(=O)O)C(=O)c1c(F)c(F)c(F)c(F)c1Br. The van der Waals surface area contributed by atoms with Crippen LogP contribution in [-0.4, -0.2) is 23.5 Å². The highest BCUT2D eigenvalue weighted by molar-refractivity contribution is 9.10. The first-order valence-corrected chi connectivity index (χ1v) is 7.13. The molecule has 1 aromatic rings. The number of halogens is 5. The molecular formula is C14H11BrF4O4. The van der Waals surface area contributed by atoms with Crippen LogP contribution in [0, 0.1) is 23.3 Å². The van der Waals surface area contributed by atoms with Crippen molar-refractivity contribution in [2.45, 2.75) is 20.3 Å². The second-order valence-electron chi connectivity index (χ2n) is 4.16. The molecule has 0 aliphatic carbocycles. The van der Waals surface area contributed by atoms with Gasteiger partial charge in [0.15, 0.2) is 23.3 Å². The van der Waals surface area contributed by atoms with Gasteiger partial charge in [-0.05, 0) is 22.9 Å². The van der Waals surface area contributed by atoms with E-state index >= 15 is 0 Å². The molecule has 4 nitrogen and oxygen atoms in total. The van der Waals surface area contributed by atoms with E-state index in [9.17, 15) is 27.2 Å². The zero-order valence-electron chi connectivity index (χ0n) is 12.0. The molecule has 0 bridgehead atoms. The number of Topliss-reactive ketones (excluding diaryl/α,β-unsaturated/α-hetero) is 1. The minimum absolute atomic E-state index is 0.0169. The number of aliphatic carboxylic acids is 1. The lowest BCUT2D eigenvalue weighted by atomic mass is 10.00. The van der Waals surface area contributed by atoms with Crippen molar-refractivity contribution in [2.24, 2.45) is 0 Å². The molecule has 0 fully saturated rings. The first-order valence-electron chi connectivity index (χ1n) is 6.34. The van der Waals surface area contributed by atoms with E-state index in [1.165, 1.54) is 13.8 Å². The molecule has 126 valence electrons. The molecule has 0 unspecified atom stereocenters. The molecule has 1 rings (SSSR count). The van der Waals surface area contributed by atoms with Crippen LogP contribution < -0.4 is 0 Å². The number of hydrogen-bond acceptors (Lipinski definition) is 3. The zero-order chi connectivity index (χ0) is 17.9. The Labute approximate surface area is 136 Å². The largest absolute Gasteiger partial charge is 0.497 e. The molecule has 23 heavy (non-hydrogen) atoms. The van der Waals surface area contributed by atoms with Gasteiger partial charge in [0.05, 0.1) is 16.6 Å². The van der Waals surface area contributed by atoms with Gasteiger partial charge in [0.1, 0.15) is 11.3 Å². The molecule has 0 amide bonds. The summed E-state index contributed by atoms with van der Waals surface area (Å²) in [5.74, 6) is -11.8. The first kappa shape index (κ1) is 19.1. The number of allylic oxidation sites excluding steroid dienone is 1. The van der Waals surface area contributed by atoms with E-state index in [2.05, 4.69) is 15.9 Å². The van der Waals surface area contributed by atoms with Gasteiger partial charge in [-0.2, -0.15) is 0 Å². The number of ketones is 1. The number of hydrogen-bond donors (Lipinski definition) is 1. The molecular weight excluding hydrogens is 388 g/mol.